The molecule has 0 spiro atoms. The number of carbonyl (C=O) groups is 1. The zero-order valence-electron chi connectivity index (χ0n) is 16.9. The fraction of sp³-hybridized carbons (Fsp3) is 0.318. The van der Waals surface area contributed by atoms with Gasteiger partial charge in [-0.25, -0.2) is 0 Å². The van der Waals surface area contributed by atoms with Crippen LogP contribution < -0.4 is 9.47 Å². The Morgan fingerprint density at radius 3 is 2.38 bits per heavy atom. The second-order valence-electron chi connectivity index (χ2n) is 7.15. The van der Waals surface area contributed by atoms with Gasteiger partial charge in [-0.1, -0.05) is 0 Å². The molecular formula is C22H24N2O4S. The van der Waals surface area contributed by atoms with Crippen molar-refractivity contribution < 1.29 is 19.4 Å². The van der Waals surface area contributed by atoms with Crippen molar-refractivity contribution in [3.63, 3.8) is 0 Å². The highest BCUT2D eigenvalue weighted by molar-refractivity contribution is 7.13. The van der Waals surface area contributed by atoms with Crippen molar-refractivity contribution in [3.05, 3.63) is 63.8 Å². The molecule has 152 valence electrons. The van der Waals surface area contributed by atoms with Gasteiger partial charge in [-0.2, -0.15) is 0 Å². The first-order valence-corrected chi connectivity index (χ1v) is 10.3. The van der Waals surface area contributed by atoms with E-state index in [1.54, 1.807) is 31.3 Å². The Balaban J connectivity index is 1.72. The second kappa shape index (κ2) is 7.57. The minimum atomic E-state index is -0.843. The van der Waals surface area contributed by atoms with Crippen LogP contribution in [0.3, 0.4) is 0 Å². The molecule has 0 saturated heterocycles. The predicted molar refractivity (Wildman–Crippen MR) is 112 cm³/mol. The highest BCUT2D eigenvalue weighted by atomic mass is 32.1. The number of ether oxygens (including phenoxy) is 2. The van der Waals surface area contributed by atoms with Crippen molar-refractivity contribution in [1.29, 1.82) is 0 Å². The molecule has 29 heavy (non-hydrogen) atoms. The van der Waals surface area contributed by atoms with Gasteiger partial charge in [0.1, 0.15) is 22.6 Å². The molecule has 3 heterocycles. The summed E-state index contributed by atoms with van der Waals surface area (Å²) in [6.45, 7) is 4.61. The van der Waals surface area contributed by atoms with Crippen molar-refractivity contribution in [2.75, 3.05) is 20.8 Å². The van der Waals surface area contributed by atoms with E-state index in [0.717, 1.165) is 22.0 Å². The number of carbonyl (C=O) groups excluding carboxylic acids is 1. The first-order valence-electron chi connectivity index (χ1n) is 9.40. The van der Waals surface area contributed by atoms with E-state index >= 15 is 0 Å². The lowest BCUT2D eigenvalue weighted by molar-refractivity contribution is 0.0539. The highest BCUT2D eigenvalue weighted by Gasteiger charge is 2.33. The third-order valence-corrected chi connectivity index (χ3v) is 6.32. The number of amides is 1. The van der Waals surface area contributed by atoms with Crippen molar-refractivity contribution in [2.45, 2.75) is 26.5 Å². The fourth-order valence-corrected chi connectivity index (χ4v) is 5.04. The predicted octanol–water partition coefficient (Wildman–Crippen LogP) is 3.86. The largest absolute Gasteiger partial charge is 0.496 e. The van der Waals surface area contributed by atoms with E-state index in [-0.39, 0.29) is 12.5 Å². The van der Waals surface area contributed by atoms with E-state index < -0.39 is 6.10 Å². The Kier molecular flexibility index (Phi) is 5.10. The van der Waals surface area contributed by atoms with Crippen molar-refractivity contribution >= 4 is 17.2 Å². The minimum absolute atomic E-state index is 0.108. The zero-order valence-corrected chi connectivity index (χ0v) is 17.7. The van der Waals surface area contributed by atoms with Gasteiger partial charge in [0.2, 0.25) is 0 Å². The zero-order chi connectivity index (χ0) is 20.7. The number of methoxy groups -OCH3 is 2. The molecule has 0 radical (unpaired) electrons. The van der Waals surface area contributed by atoms with Crippen LogP contribution in [0.4, 0.5) is 0 Å². The average molecular weight is 413 g/mol. The number of aliphatic hydroxyl groups excluding tert-OH is 1. The number of fused-ring (bicyclic) bond motifs is 1. The summed E-state index contributed by atoms with van der Waals surface area (Å²) in [4.78, 5) is 15.1. The number of nitrogens with zero attached hydrogens (tertiary/aromatic N) is 2. The Labute approximate surface area is 173 Å². The summed E-state index contributed by atoms with van der Waals surface area (Å²) in [5.74, 6) is 1.14. The summed E-state index contributed by atoms with van der Waals surface area (Å²) in [6.07, 6.45) is -0.843. The molecule has 2 aromatic heterocycles. The molecule has 1 amide bonds. The summed E-state index contributed by atoms with van der Waals surface area (Å²) in [6, 6.07) is 9.53. The van der Waals surface area contributed by atoms with E-state index in [9.17, 15) is 9.90 Å². The lowest BCUT2D eigenvalue weighted by Gasteiger charge is -2.34. The Hall–Kier alpha value is -2.77. The molecule has 1 atom stereocenters. The van der Waals surface area contributed by atoms with Gasteiger partial charge in [-0.3, -0.25) is 4.79 Å². The van der Waals surface area contributed by atoms with Crippen LogP contribution in [0.5, 0.6) is 11.5 Å². The maximum absolute atomic E-state index is 13.4. The van der Waals surface area contributed by atoms with Gasteiger partial charge in [-0.05, 0) is 49.6 Å². The van der Waals surface area contributed by atoms with Crippen LogP contribution in [-0.2, 0) is 6.54 Å². The molecule has 1 aliphatic rings. The van der Waals surface area contributed by atoms with Gasteiger partial charge in [-0.15, -0.1) is 11.3 Å². The van der Waals surface area contributed by atoms with Crippen LogP contribution in [0.1, 0.15) is 39.0 Å². The van der Waals surface area contributed by atoms with Gasteiger partial charge in [0.05, 0.1) is 32.9 Å². The number of hydrogen-bond donors (Lipinski definition) is 1. The maximum Gasteiger partial charge on any atom is 0.257 e. The number of aryl methyl sites for hydroxylation is 2. The number of hydrogen-bond acceptors (Lipinski definition) is 5. The normalized spacial score (nSPS) is 15.9. The third kappa shape index (κ3) is 3.20. The quantitative estimate of drug-likeness (QED) is 0.707. The van der Waals surface area contributed by atoms with Crippen LogP contribution in [0, 0.1) is 13.8 Å². The number of benzene rings is 1. The van der Waals surface area contributed by atoms with Crippen LogP contribution in [-0.4, -0.2) is 41.2 Å². The molecule has 1 unspecified atom stereocenters. The van der Waals surface area contributed by atoms with Crippen molar-refractivity contribution in [2.24, 2.45) is 0 Å². The molecule has 6 nitrogen and oxygen atoms in total. The molecule has 1 aliphatic heterocycles. The van der Waals surface area contributed by atoms with Gasteiger partial charge in [0.15, 0.2) is 0 Å². The molecule has 3 aromatic rings. The van der Waals surface area contributed by atoms with E-state index in [0.29, 0.717) is 29.2 Å². The van der Waals surface area contributed by atoms with Crippen LogP contribution in [0.25, 0.3) is 5.00 Å². The summed E-state index contributed by atoms with van der Waals surface area (Å²) >= 11 is 1.54. The lowest BCUT2D eigenvalue weighted by atomic mass is 9.94. The molecule has 7 heteroatoms. The van der Waals surface area contributed by atoms with E-state index in [4.69, 9.17) is 9.47 Å². The number of rotatable bonds is 4. The minimum Gasteiger partial charge on any atom is -0.496 e. The lowest BCUT2D eigenvalue weighted by Crippen LogP contribution is -2.38. The first-order chi connectivity index (χ1) is 14.0. The summed E-state index contributed by atoms with van der Waals surface area (Å²) in [5, 5.41) is 13.6. The van der Waals surface area contributed by atoms with E-state index in [1.165, 1.54) is 11.3 Å². The van der Waals surface area contributed by atoms with Crippen LogP contribution in [0.2, 0.25) is 0 Å². The summed E-state index contributed by atoms with van der Waals surface area (Å²) in [5.41, 5.74) is 4.27. The average Bonchev–Trinajstić information content (AvgIpc) is 3.32. The van der Waals surface area contributed by atoms with Gasteiger partial charge in [0.25, 0.3) is 5.91 Å². The molecule has 1 aromatic carbocycles. The standard InChI is InChI=1S/C22H24N2O4S/c1-13-5-6-14(2)24(13)22-15(9-10-29-22)21(26)23-11-16-18(27-3)7-8-19(28-4)20(16)17(25)12-23/h5-10,17,25H,11-12H2,1-4H3. The SMILES string of the molecule is COc1ccc(OC)c2c1CN(C(=O)c1ccsc1-n1c(C)ccc1C)CC2O. The smallest absolute Gasteiger partial charge is 0.257 e. The molecule has 0 fully saturated rings. The number of thiophene rings is 1. The van der Waals surface area contributed by atoms with Crippen LogP contribution >= 0.6 is 11.3 Å². The molecule has 0 saturated carbocycles. The molecular weight excluding hydrogens is 388 g/mol. The van der Waals surface area contributed by atoms with E-state index in [2.05, 4.69) is 4.57 Å². The van der Waals surface area contributed by atoms with Gasteiger partial charge in [0, 0.05) is 22.5 Å². The molecule has 0 bridgehead atoms. The fourth-order valence-electron chi connectivity index (χ4n) is 4.03. The Morgan fingerprint density at radius 1 is 1.07 bits per heavy atom. The number of aliphatic hydroxyl groups is 1. The molecule has 1 N–H and O–H groups in total. The van der Waals surface area contributed by atoms with Crippen molar-refractivity contribution in [3.8, 4) is 16.5 Å². The molecule has 0 aliphatic carbocycles. The second-order valence-corrected chi connectivity index (χ2v) is 8.05. The summed E-state index contributed by atoms with van der Waals surface area (Å²) in [7, 11) is 3.16. The van der Waals surface area contributed by atoms with E-state index in [1.807, 2.05) is 37.4 Å². The third-order valence-electron chi connectivity index (χ3n) is 5.43. The van der Waals surface area contributed by atoms with Crippen LogP contribution in [0.15, 0.2) is 35.7 Å². The highest BCUT2D eigenvalue weighted by Crippen LogP contribution is 2.40. The first kappa shape index (κ1) is 19.5. The summed E-state index contributed by atoms with van der Waals surface area (Å²) < 4.78 is 13.0. The topological polar surface area (TPSA) is 63.9 Å². The van der Waals surface area contributed by atoms with Crippen molar-refractivity contribution in [1.82, 2.24) is 9.47 Å². The molecule has 4 rings (SSSR count). The number of β-amino-alcohol motifs (C(OH)–C–C–N with tert-alkyl or cyclic N) is 1. The monoisotopic (exact) mass is 412 g/mol. The number of aromatic nitrogens is 1. The maximum atomic E-state index is 13.4. The van der Waals surface area contributed by atoms with Gasteiger partial charge >= 0.3 is 0 Å². The van der Waals surface area contributed by atoms with Gasteiger partial charge < -0.3 is 24.0 Å². The Morgan fingerprint density at radius 2 is 1.72 bits per heavy atom. The Bertz CT molecular complexity index is 1050.